The van der Waals surface area contributed by atoms with Gasteiger partial charge in [-0.3, -0.25) is 0 Å². The number of ether oxygens (including phenoxy) is 1. The van der Waals surface area contributed by atoms with Gasteiger partial charge in [0.1, 0.15) is 5.75 Å². The second-order valence-electron chi connectivity index (χ2n) is 5.50. The van der Waals surface area contributed by atoms with E-state index in [-0.39, 0.29) is 0 Å². The molecular weight excluding hydrogens is 328 g/mol. The molecule has 0 spiro atoms. The summed E-state index contributed by atoms with van der Waals surface area (Å²) in [5.74, 6) is 2.72. The fourth-order valence-electron chi connectivity index (χ4n) is 3.41. The summed E-state index contributed by atoms with van der Waals surface area (Å²) < 4.78 is 30.6. The SMILES string of the molecule is COc1ccc(S(=O)(=O)CC2C3CCCC32)cc1Br. The van der Waals surface area contributed by atoms with Gasteiger partial charge in [0.15, 0.2) is 9.84 Å². The summed E-state index contributed by atoms with van der Waals surface area (Å²) in [7, 11) is -1.60. The first-order valence-corrected chi connectivity index (χ1v) is 9.04. The van der Waals surface area contributed by atoms with Crippen molar-refractivity contribution >= 4 is 25.8 Å². The van der Waals surface area contributed by atoms with E-state index in [4.69, 9.17) is 4.74 Å². The minimum absolute atomic E-state index is 0.307. The van der Waals surface area contributed by atoms with Crippen molar-refractivity contribution in [3.05, 3.63) is 22.7 Å². The third kappa shape index (κ3) is 2.42. The first-order valence-electron chi connectivity index (χ1n) is 6.59. The highest BCUT2D eigenvalue weighted by atomic mass is 79.9. The van der Waals surface area contributed by atoms with Gasteiger partial charge in [-0.15, -0.1) is 0 Å². The maximum absolute atomic E-state index is 12.4. The maximum atomic E-state index is 12.4. The summed E-state index contributed by atoms with van der Waals surface area (Å²) in [5.41, 5.74) is 0. The highest BCUT2D eigenvalue weighted by molar-refractivity contribution is 9.10. The fraction of sp³-hybridized carbons (Fsp3) is 0.571. The monoisotopic (exact) mass is 344 g/mol. The van der Waals surface area contributed by atoms with Crippen molar-refractivity contribution in [3.8, 4) is 5.75 Å². The zero-order valence-electron chi connectivity index (χ0n) is 10.8. The number of rotatable bonds is 4. The smallest absolute Gasteiger partial charge is 0.178 e. The maximum Gasteiger partial charge on any atom is 0.178 e. The van der Waals surface area contributed by atoms with E-state index in [0.29, 0.717) is 38.6 Å². The second-order valence-corrected chi connectivity index (χ2v) is 8.39. The zero-order chi connectivity index (χ0) is 13.6. The highest BCUT2D eigenvalue weighted by Crippen LogP contribution is 2.58. The molecule has 0 aliphatic heterocycles. The number of methoxy groups -OCH3 is 1. The van der Waals surface area contributed by atoms with Gasteiger partial charge in [0.05, 0.1) is 22.2 Å². The molecule has 0 N–H and O–H groups in total. The lowest BCUT2D eigenvalue weighted by Gasteiger charge is -2.08. The molecule has 5 heteroatoms. The molecule has 0 bridgehead atoms. The Morgan fingerprint density at radius 1 is 1.32 bits per heavy atom. The molecule has 104 valence electrons. The van der Waals surface area contributed by atoms with Gasteiger partial charge in [-0.2, -0.15) is 0 Å². The first kappa shape index (κ1) is 13.4. The van der Waals surface area contributed by atoms with E-state index in [1.165, 1.54) is 19.3 Å². The molecule has 1 aromatic rings. The minimum Gasteiger partial charge on any atom is -0.496 e. The van der Waals surface area contributed by atoms with Crippen LogP contribution in [0.5, 0.6) is 5.75 Å². The van der Waals surface area contributed by atoms with Gasteiger partial charge in [-0.05, 0) is 64.7 Å². The van der Waals surface area contributed by atoms with Crippen LogP contribution in [0.1, 0.15) is 19.3 Å². The van der Waals surface area contributed by atoms with Gasteiger partial charge < -0.3 is 4.74 Å². The molecule has 0 amide bonds. The predicted molar refractivity (Wildman–Crippen MR) is 77.1 cm³/mol. The third-order valence-electron chi connectivity index (χ3n) is 4.48. The second kappa shape index (κ2) is 4.77. The van der Waals surface area contributed by atoms with E-state index in [1.807, 2.05) is 0 Å². The lowest BCUT2D eigenvalue weighted by Crippen LogP contribution is -2.11. The van der Waals surface area contributed by atoms with E-state index < -0.39 is 9.84 Å². The van der Waals surface area contributed by atoms with Crippen LogP contribution < -0.4 is 4.74 Å². The Morgan fingerprint density at radius 3 is 2.58 bits per heavy atom. The topological polar surface area (TPSA) is 43.4 Å². The molecule has 2 fully saturated rings. The Labute approximate surface area is 122 Å². The van der Waals surface area contributed by atoms with Crippen LogP contribution in [-0.2, 0) is 9.84 Å². The van der Waals surface area contributed by atoms with E-state index >= 15 is 0 Å². The molecule has 2 unspecified atom stereocenters. The number of halogens is 1. The standard InChI is InChI=1S/C14H17BrO3S/c1-18-14-6-5-9(7-13(14)15)19(16,17)8-12-10-3-2-4-11(10)12/h5-7,10-12H,2-4,8H2,1H3. The van der Waals surface area contributed by atoms with Crippen LogP contribution in [0.4, 0.5) is 0 Å². The summed E-state index contributed by atoms with van der Waals surface area (Å²) in [4.78, 5) is 0.394. The molecule has 19 heavy (non-hydrogen) atoms. The number of fused-ring (bicyclic) bond motifs is 1. The minimum atomic E-state index is -3.17. The first-order chi connectivity index (χ1) is 9.03. The number of hydrogen-bond acceptors (Lipinski definition) is 3. The van der Waals surface area contributed by atoms with Crippen LogP contribution in [0.3, 0.4) is 0 Å². The molecule has 0 aromatic heterocycles. The van der Waals surface area contributed by atoms with Crippen molar-refractivity contribution in [2.45, 2.75) is 24.2 Å². The van der Waals surface area contributed by atoms with Crippen LogP contribution >= 0.6 is 15.9 Å². The van der Waals surface area contributed by atoms with Crippen LogP contribution in [0.15, 0.2) is 27.6 Å². The number of sulfone groups is 1. The summed E-state index contributed by atoms with van der Waals surface area (Å²) in [6.45, 7) is 0. The Bertz CT molecular complexity index is 587. The molecule has 2 atom stereocenters. The average Bonchev–Trinajstić information content (AvgIpc) is 2.82. The van der Waals surface area contributed by atoms with Crippen molar-refractivity contribution in [2.24, 2.45) is 17.8 Å². The van der Waals surface area contributed by atoms with Crippen LogP contribution in [0, 0.1) is 17.8 Å². The van der Waals surface area contributed by atoms with E-state index in [9.17, 15) is 8.42 Å². The molecular formula is C14H17BrO3S. The van der Waals surface area contributed by atoms with E-state index in [2.05, 4.69) is 15.9 Å². The Balaban J connectivity index is 1.78. The normalized spacial score (nSPS) is 29.1. The quantitative estimate of drug-likeness (QED) is 0.841. The molecule has 2 saturated carbocycles. The zero-order valence-corrected chi connectivity index (χ0v) is 13.2. The predicted octanol–water partition coefficient (Wildman–Crippen LogP) is 3.28. The van der Waals surface area contributed by atoms with Gasteiger partial charge in [-0.25, -0.2) is 8.42 Å². The van der Waals surface area contributed by atoms with E-state index in [0.717, 1.165) is 0 Å². The van der Waals surface area contributed by atoms with Gasteiger partial charge in [-0.1, -0.05) is 6.42 Å². The fourth-order valence-corrected chi connectivity index (χ4v) is 5.87. The Morgan fingerprint density at radius 2 is 2.00 bits per heavy atom. The average molecular weight is 345 g/mol. The van der Waals surface area contributed by atoms with Gasteiger partial charge >= 0.3 is 0 Å². The third-order valence-corrected chi connectivity index (χ3v) is 6.89. The number of benzene rings is 1. The van der Waals surface area contributed by atoms with Crippen LogP contribution in [0.2, 0.25) is 0 Å². The van der Waals surface area contributed by atoms with Crippen molar-refractivity contribution in [3.63, 3.8) is 0 Å². The van der Waals surface area contributed by atoms with Crippen molar-refractivity contribution in [1.29, 1.82) is 0 Å². The lowest BCUT2D eigenvalue weighted by molar-refractivity contribution is 0.411. The van der Waals surface area contributed by atoms with Gasteiger partial charge in [0.25, 0.3) is 0 Å². The molecule has 3 nitrogen and oxygen atoms in total. The molecule has 2 aliphatic carbocycles. The molecule has 1 aromatic carbocycles. The summed E-state index contributed by atoms with van der Waals surface area (Å²) >= 11 is 3.34. The van der Waals surface area contributed by atoms with Gasteiger partial charge in [0, 0.05) is 0 Å². The molecule has 0 heterocycles. The molecule has 0 radical (unpaired) electrons. The summed E-state index contributed by atoms with van der Waals surface area (Å²) in [6, 6.07) is 4.98. The summed E-state index contributed by atoms with van der Waals surface area (Å²) in [6.07, 6.45) is 3.72. The van der Waals surface area contributed by atoms with Crippen molar-refractivity contribution in [2.75, 3.05) is 12.9 Å². The Hall–Kier alpha value is -0.550. The Kier molecular flexibility index (Phi) is 3.38. The van der Waals surface area contributed by atoms with Crippen LogP contribution in [-0.4, -0.2) is 21.3 Å². The van der Waals surface area contributed by atoms with E-state index in [1.54, 1.807) is 25.3 Å². The van der Waals surface area contributed by atoms with Crippen LogP contribution in [0.25, 0.3) is 0 Å². The van der Waals surface area contributed by atoms with Crippen molar-refractivity contribution < 1.29 is 13.2 Å². The molecule has 2 aliphatic rings. The van der Waals surface area contributed by atoms with Gasteiger partial charge in [0.2, 0.25) is 0 Å². The molecule has 0 saturated heterocycles. The molecule has 3 rings (SSSR count). The van der Waals surface area contributed by atoms with Crippen molar-refractivity contribution in [1.82, 2.24) is 0 Å². The lowest BCUT2D eigenvalue weighted by atomic mass is 10.2. The number of hydrogen-bond donors (Lipinski definition) is 0. The summed E-state index contributed by atoms with van der Waals surface area (Å²) in [5, 5.41) is 0. The largest absolute Gasteiger partial charge is 0.496 e. The highest BCUT2D eigenvalue weighted by Gasteiger charge is 2.53.